The van der Waals surface area contributed by atoms with Gasteiger partial charge in [0, 0.05) is 18.2 Å². The van der Waals surface area contributed by atoms with E-state index in [2.05, 4.69) is 10.6 Å². The van der Waals surface area contributed by atoms with Gasteiger partial charge in [-0.2, -0.15) is 0 Å². The number of fused-ring (bicyclic) bond motifs is 1. The summed E-state index contributed by atoms with van der Waals surface area (Å²) in [5.74, 6) is -2.73. The van der Waals surface area contributed by atoms with Crippen LogP contribution in [0.25, 0.3) is 0 Å². The Labute approximate surface area is 132 Å². The van der Waals surface area contributed by atoms with Crippen molar-refractivity contribution in [3.8, 4) is 0 Å². The van der Waals surface area contributed by atoms with Crippen LogP contribution in [0.5, 0.6) is 0 Å². The second-order valence-electron chi connectivity index (χ2n) is 6.06. The fourth-order valence-electron chi connectivity index (χ4n) is 3.18. The summed E-state index contributed by atoms with van der Waals surface area (Å²) >= 11 is 0. The molecule has 0 aromatic heterocycles. The number of benzene rings is 1. The number of aryl methyl sites for hydroxylation is 1. The molecule has 0 radical (unpaired) electrons. The van der Waals surface area contributed by atoms with Crippen LogP contribution in [0.1, 0.15) is 41.6 Å². The van der Waals surface area contributed by atoms with Gasteiger partial charge < -0.3 is 15.7 Å². The van der Waals surface area contributed by atoms with Crippen molar-refractivity contribution >= 4 is 23.5 Å². The van der Waals surface area contributed by atoms with Crippen LogP contribution in [0.2, 0.25) is 0 Å². The van der Waals surface area contributed by atoms with Crippen molar-refractivity contribution in [1.29, 1.82) is 0 Å². The molecule has 3 rings (SSSR count). The molecule has 0 spiro atoms. The van der Waals surface area contributed by atoms with Gasteiger partial charge in [-0.05, 0) is 43.4 Å². The topological polar surface area (TPSA) is 95.5 Å². The maximum Gasteiger partial charge on any atom is 0.306 e. The molecule has 0 bridgehead atoms. The van der Waals surface area contributed by atoms with Crippen molar-refractivity contribution < 1.29 is 23.9 Å². The summed E-state index contributed by atoms with van der Waals surface area (Å²) in [5, 5.41) is 14.3. The molecule has 2 aliphatic rings. The lowest BCUT2D eigenvalue weighted by molar-refractivity contribution is -0.141. The third-order valence-electron chi connectivity index (χ3n) is 4.45. The zero-order valence-corrected chi connectivity index (χ0v) is 12.4. The minimum absolute atomic E-state index is 0.0707. The van der Waals surface area contributed by atoms with Gasteiger partial charge in [0.2, 0.25) is 5.91 Å². The predicted octanol–water partition coefficient (Wildman–Crippen LogP) is 1.69. The quantitative estimate of drug-likeness (QED) is 0.790. The molecule has 7 heteroatoms. The minimum atomic E-state index is -0.863. The number of nitrogens with one attached hydrogen (secondary N) is 2. The molecule has 3 N–H and O–H groups in total. The fourth-order valence-corrected chi connectivity index (χ4v) is 3.18. The molecule has 1 aliphatic heterocycles. The number of hydrogen-bond donors (Lipinski definition) is 3. The molecule has 6 nitrogen and oxygen atoms in total. The van der Waals surface area contributed by atoms with Crippen LogP contribution in [0.4, 0.5) is 10.1 Å². The molecular weight excluding hydrogens is 303 g/mol. The lowest BCUT2D eigenvalue weighted by Gasteiger charge is -2.19. The molecule has 122 valence electrons. The number of carbonyl (C=O) groups is 3. The molecule has 1 aromatic carbocycles. The highest BCUT2D eigenvalue weighted by atomic mass is 19.1. The van der Waals surface area contributed by atoms with Crippen molar-refractivity contribution in [1.82, 2.24) is 5.32 Å². The number of rotatable bonds is 3. The Morgan fingerprint density at radius 2 is 2.04 bits per heavy atom. The van der Waals surface area contributed by atoms with Gasteiger partial charge >= 0.3 is 5.97 Å². The zero-order valence-electron chi connectivity index (χ0n) is 12.4. The second-order valence-corrected chi connectivity index (χ2v) is 6.06. The Hall–Kier alpha value is -2.44. The summed E-state index contributed by atoms with van der Waals surface area (Å²) < 4.78 is 14.1. The molecule has 2 amide bonds. The number of aliphatic carboxylic acids is 1. The van der Waals surface area contributed by atoms with Crippen molar-refractivity contribution in [2.75, 3.05) is 5.32 Å². The summed E-state index contributed by atoms with van der Waals surface area (Å²) in [6.07, 6.45) is 2.23. The molecule has 0 unspecified atom stereocenters. The summed E-state index contributed by atoms with van der Waals surface area (Å²) in [4.78, 5) is 34.5. The van der Waals surface area contributed by atoms with Crippen LogP contribution in [-0.4, -0.2) is 28.9 Å². The Morgan fingerprint density at radius 3 is 2.74 bits per heavy atom. The monoisotopic (exact) mass is 320 g/mol. The maximum atomic E-state index is 14.1. The molecule has 0 saturated heterocycles. The molecule has 23 heavy (non-hydrogen) atoms. The van der Waals surface area contributed by atoms with Crippen LogP contribution in [-0.2, 0) is 16.0 Å². The van der Waals surface area contributed by atoms with Crippen LogP contribution < -0.4 is 10.6 Å². The predicted molar refractivity (Wildman–Crippen MR) is 79.6 cm³/mol. The van der Waals surface area contributed by atoms with Crippen molar-refractivity contribution in [3.05, 3.63) is 29.1 Å². The minimum Gasteiger partial charge on any atom is -0.481 e. The van der Waals surface area contributed by atoms with Gasteiger partial charge in [-0.3, -0.25) is 14.4 Å². The zero-order chi connectivity index (χ0) is 16.6. The average molecular weight is 320 g/mol. The average Bonchev–Trinajstić information content (AvgIpc) is 2.95. The number of carbonyl (C=O) groups excluding carboxylic acids is 2. The normalized spacial score (nSPS) is 23.1. The smallest absolute Gasteiger partial charge is 0.306 e. The lowest BCUT2D eigenvalue weighted by atomic mass is 9.99. The van der Waals surface area contributed by atoms with Crippen LogP contribution in [0.15, 0.2) is 12.1 Å². The molecule has 2 atom stereocenters. The van der Waals surface area contributed by atoms with E-state index in [4.69, 9.17) is 5.11 Å². The molecule has 1 fully saturated rings. The van der Waals surface area contributed by atoms with E-state index in [1.807, 2.05) is 0 Å². The number of halogens is 1. The Morgan fingerprint density at radius 1 is 1.26 bits per heavy atom. The Kier molecular flexibility index (Phi) is 4.02. The van der Waals surface area contributed by atoms with Gasteiger partial charge in [0.05, 0.1) is 11.5 Å². The highest BCUT2D eigenvalue weighted by Gasteiger charge is 2.31. The van der Waals surface area contributed by atoms with Gasteiger partial charge in [0.1, 0.15) is 5.82 Å². The van der Waals surface area contributed by atoms with E-state index in [-0.39, 0.29) is 17.5 Å². The van der Waals surface area contributed by atoms with Crippen molar-refractivity contribution in [2.45, 2.75) is 38.1 Å². The van der Waals surface area contributed by atoms with Crippen LogP contribution >= 0.6 is 0 Å². The summed E-state index contributed by atoms with van der Waals surface area (Å²) in [6, 6.07) is 2.37. The van der Waals surface area contributed by atoms with E-state index in [0.29, 0.717) is 37.8 Å². The molecule has 1 saturated carbocycles. The largest absolute Gasteiger partial charge is 0.481 e. The van der Waals surface area contributed by atoms with E-state index in [0.717, 1.165) is 11.6 Å². The van der Waals surface area contributed by atoms with Gasteiger partial charge in [-0.15, -0.1) is 0 Å². The first-order valence-corrected chi connectivity index (χ1v) is 7.60. The van der Waals surface area contributed by atoms with E-state index in [1.165, 1.54) is 6.07 Å². The Bertz CT molecular complexity index is 689. The second kappa shape index (κ2) is 5.98. The number of carboxylic acid groups (broad SMARTS) is 1. The van der Waals surface area contributed by atoms with Crippen molar-refractivity contribution in [2.24, 2.45) is 5.92 Å². The summed E-state index contributed by atoms with van der Waals surface area (Å²) in [5.41, 5.74) is 1.06. The highest BCUT2D eigenvalue weighted by molar-refractivity contribution is 5.98. The van der Waals surface area contributed by atoms with Crippen LogP contribution in [0.3, 0.4) is 0 Å². The molecule has 1 aromatic rings. The van der Waals surface area contributed by atoms with E-state index < -0.39 is 23.6 Å². The summed E-state index contributed by atoms with van der Waals surface area (Å²) in [6.45, 7) is 0. The van der Waals surface area contributed by atoms with Gasteiger partial charge in [0.25, 0.3) is 5.91 Å². The van der Waals surface area contributed by atoms with Gasteiger partial charge in [-0.1, -0.05) is 0 Å². The first-order chi connectivity index (χ1) is 10.9. The van der Waals surface area contributed by atoms with Crippen LogP contribution in [0, 0.1) is 11.7 Å². The molecule has 1 heterocycles. The number of hydrogen-bond acceptors (Lipinski definition) is 3. The van der Waals surface area contributed by atoms with Gasteiger partial charge in [0.15, 0.2) is 0 Å². The van der Waals surface area contributed by atoms with E-state index in [1.54, 1.807) is 0 Å². The number of anilines is 1. The van der Waals surface area contributed by atoms with E-state index in [9.17, 15) is 18.8 Å². The third kappa shape index (κ3) is 3.18. The summed E-state index contributed by atoms with van der Waals surface area (Å²) in [7, 11) is 0. The SMILES string of the molecule is O=C1CCc2cc(C(=O)N[C@H]3CC[C@@H](C(=O)O)C3)c(F)cc2N1. The maximum absolute atomic E-state index is 14.1. The fraction of sp³-hybridized carbons (Fsp3) is 0.438. The highest BCUT2D eigenvalue weighted by Crippen LogP contribution is 2.28. The molecule has 1 aliphatic carbocycles. The first kappa shape index (κ1) is 15.5. The lowest BCUT2D eigenvalue weighted by Crippen LogP contribution is -2.34. The number of carboxylic acids is 1. The Balaban J connectivity index is 1.73. The van der Waals surface area contributed by atoms with Crippen molar-refractivity contribution in [3.63, 3.8) is 0 Å². The first-order valence-electron chi connectivity index (χ1n) is 7.60. The van der Waals surface area contributed by atoms with Gasteiger partial charge in [-0.25, -0.2) is 4.39 Å². The standard InChI is InChI=1S/C16H17FN2O4/c17-12-7-13-8(2-4-14(20)19-13)6-11(12)15(21)18-10-3-1-9(5-10)16(22)23/h6-7,9-10H,1-5H2,(H,18,21)(H,19,20)(H,22,23)/t9-,10+/m1/s1. The third-order valence-corrected chi connectivity index (χ3v) is 4.45. The number of amides is 2. The van der Waals surface area contributed by atoms with E-state index >= 15 is 0 Å². The molecular formula is C16H17FN2O4.